The summed E-state index contributed by atoms with van der Waals surface area (Å²) in [5.41, 5.74) is 4.37. The van der Waals surface area contributed by atoms with Crippen LogP contribution in [0.5, 0.6) is 0 Å². The molecule has 0 saturated heterocycles. The van der Waals surface area contributed by atoms with Gasteiger partial charge in [-0.3, -0.25) is 0 Å². The molecule has 0 unspecified atom stereocenters. The molecule has 0 fully saturated rings. The Balaban J connectivity index is 2.94. The first kappa shape index (κ1) is 13.3. The van der Waals surface area contributed by atoms with Gasteiger partial charge in [0, 0.05) is 16.6 Å². The van der Waals surface area contributed by atoms with E-state index in [9.17, 15) is 17.6 Å². The highest BCUT2D eigenvalue weighted by Gasteiger charge is 2.36. The van der Waals surface area contributed by atoms with Crippen molar-refractivity contribution in [2.45, 2.75) is 13.1 Å². The normalized spacial score (nSPS) is 12.1. The van der Waals surface area contributed by atoms with Crippen LogP contribution in [-0.2, 0) is 6.18 Å². The Morgan fingerprint density at radius 3 is 2.44 bits per heavy atom. The number of nitrogens with zero attached hydrogens (tertiary/aromatic N) is 1. The maximum atomic E-state index is 13.3. The van der Waals surface area contributed by atoms with Gasteiger partial charge in [-0.25, -0.2) is 9.37 Å². The van der Waals surface area contributed by atoms with Crippen molar-refractivity contribution in [2.24, 2.45) is 0 Å². The summed E-state index contributed by atoms with van der Waals surface area (Å²) < 4.78 is 51.7. The van der Waals surface area contributed by atoms with E-state index in [4.69, 9.17) is 5.73 Å². The van der Waals surface area contributed by atoms with Crippen LogP contribution >= 0.6 is 22.6 Å². The first-order chi connectivity index (χ1) is 8.23. The number of pyridine rings is 1. The fraction of sp³-hybridized carbons (Fsp3) is 0.182. The van der Waals surface area contributed by atoms with Crippen molar-refractivity contribution in [1.29, 1.82) is 0 Å². The minimum atomic E-state index is -4.61. The molecule has 2 N–H and O–H groups in total. The van der Waals surface area contributed by atoms with Gasteiger partial charge in [0.15, 0.2) is 0 Å². The first-order valence-electron chi connectivity index (χ1n) is 4.84. The van der Waals surface area contributed by atoms with Crippen LogP contribution in [0.1, 0.15) is 11.3 Å². The van der Waals surface area contributed by atoms with Gasteiger partial charge in [0.25, 0.3) is 0 Å². The minimum Gasteiger partial charge on any atom is -0.398 e. The van der Waals surface area contributed by atoms with Crippen LogP contribution in [0.15, 0.2) is 12.1 Å². The Hall–Kier alpha value is -1.12. The minimum absolute atomic E-state index is 0.0229. The number of anilines is 1. The number of nitrogens with two attached hydrogens (primary N) is 1. The van der Waals surface area contributed by atoms with Crippen LogP contribution in [0.25, 0.3) is 10.9 Å². The Kier molecular flexibility index (Phi) is 3.12. The maximum Gasteiger partial charge on any atom is 0.433 e. The molecular formula is C11H7F4IN2. The van der Waals surface area contributed by atoms with Gasteiger partial charge in [0.05, 0.1) is 9.09 Å². The van der Waals surface area contributed by atoms with Gasteiger partial charge in [-0.1, -0.05) is 0 Å². The number of halogens is 5. The van der Waals surface area contributed by atoms with Crippen molar-refractivity contribution >= 4 is 39.2 Å². The van der Waals surface area contributed by atoms with Gasteiger partial charge >= 0.3 is 6.18 Å². The summed E-state index contributed by atoms with van der Waals surface area (Å²) in [5, 5.41) is 0.325. The summed E-state index contributed by atoms with van der Waals surface area (Å²) in [6, 6.07) is 2.50. The van der Waals surface area contributed by atoms with E-state index >= 15 is 0 Å². The highest BCUT2D eigenvalue weighted by molar-refractivity contribution is 14.1. The van der Waals surface area contributed by atoms with Crippen molar-refractivity contribution in [1.82, 2.24) is 4.98 Å². The standard InChI is InChI=1S/C11H7F4IN2/c1-4-8(17)5-2-3-6(12)7(16)9(5)18-10(4)11(13,14)15/h2-3H,1H3,(H2,17,18). The zero-order valence-corrected chi connectivity index (χ0v) is 11.2. The van der Waals surface area contributed by atoms with Crippen molar-refractivity contribution < 1.29 is 17.6 Å². The summed E-state index contributed by atoms with van der Waals surface area (Å²) in [5.74, 6) is -0.619. The fourth-order valence-corrected chi connectivity index (χ4v) is 2.26. The van der Waals surface area contributed by atoms with Gasteiger partial charge in [-0.2, -0.15) is 13.2 Å². The largest absolute Gasteiger partial charge is 0.433 e. The van der Waals surface area contributed by atoms with Crippen molar-refractivity contribution in [3.05, 3.63) is 32.8 Å². The summed E-state index contributed by atoms with van der Waals surface area (Å²) >= 11 is 1.62. The van der Waals surface area contributed by atoms with Crippen LogP contribution in [-0.4, -0.2) is 4.98 Å². The maximum absolute atomic E-state index is 13.3. The van der Waals surface area contributed by atoms with Crippen LogP contribution in [0.4, 0.5) is 23.2 Å². The number of fused-ring (bicyclic) bond motifs is 1. The lowest BCUT2D eigenvalue weighted by Gasteiger charge is -2.14. The topological polar surface area (TPSA) is 38.9 Å². The van der Waals surface area contributed by atoms with Gasteiger partial charge in [0.1, 0.15) is 11.5 Å². The number of hydrogen-bond acceptors (Lipinski definition) is 2. The Labute approximate surface area is 113 Å². The molecule has 0 amide bonds. The molecule has 1 aromatic carbocycles. The lowest BCUT2D eigenvalue weighted by Crippen LogP contribution is -2.13. The fourth-order valence-electron chi connectivity index (χ4n) is 1.67. The molecule has 0 bridgehead atoms. The molecule has 96 valence electrons. The average molecular weight is 370 g/mol. The molecule has 0 spiro atoms. The third kappa shape index (κ3) is 2.00. The molecule has 0 aliphatic carbocycles. The highest BCUT2D eigenvalue weighted by Crippen LogP contribution is 2.37. The Morgan fingerprint density at radius 1 is 1.28 bits per heavy atom. The second kappa shape index (κ2) is 4.22. The van der Waals surface area contributed by atoms with E-state index in [1.54, 1.807) is 22.6 Å². The second-order valence-electron chi connectivity index (χ2n) is 3.75. The van der Waals surface area contributed by atoms with E-state index in [2.05, 4.69) is 4.98 Å². The summed E-state index contributed by atoms with van der Waals surface area (Å²) in [7, 11) is 0. The quantitative estimate of drug-likeness (QED) is 0.565. The molecule has 0 radical (unpaired) electrons. The van der Waals surface area contributed by atoms with E-state index in [1.807, 2.05) is 0 Å². The van der Waals surface area contributed by atoms with Crippen molar-refractivity contribution in [3.8, 4) is 0 Å². The molecule has 0 aliphatic rings. The highest BCUT2D eigenvalue weighted by atomic mass is 127. The first-order valence-corrected chi connectivity index (χ1v) is 5.92. The molecular weight excluding hydrogens is 363 g/mol. The van der Waals surface area contributed by atoms with Gasteiger partial charge in [-0.15, -0.1) is 0 Å². The van der Waals surface area contributed by atoms with Crippen molar-refractivity contribution in [3.63, 3.8) is 0 Å². The number of rotatable bonds is 0. The zero-order valence-electron chi connectivity index (χ0n) is 9.07. The molecule has 7 heteroatoms. The molecule has 1 aromatic heterocycles. The number of benzene rings is 1. The summed E-state index contributed by atoms with van der Waals surface area (Å²) in [4.78, 5) is 3.51. The van der Waals surface area contributed by atoms with Gasteiger partial charge < -0.3 is 5.73 Å². The van der Waals surface area contributed by atoms with Crippen LogP contribution in [0.3, 0.4) is 0 Å². The lowest BCUT2D eigenvalue weighted by molar-refractivity contribution is -0.141. The van der Waals surface area contributed by atoms with E-state index in [-0.39, 0.29) is 20.3 Å². The SMILES string of the molecule is Cc1c(C(F)(F)F)nc2c(I)c(F)ccc2c1N. The monoisotopic (exact) mass is 370 g/mol. The zero-order chi connectivity index (χ0) is 13.7. The average Bonchev–Trinajstić information content (AvgIpc) is 2.26. The van der Waals surface area contributed by atoms with Crippen LogP contribution < -0.4 is 5.73 Å². The molecule has 18 heavy (non-hydrogen) atoms. The molecule has 0 saturated carbocycles. The summed E-state index contributed by atoms with van der Waals surface area (Å²) in [6.45, 7) is 1.25. The predicted octanol–water partition coefficient (Wildman–Crippen LogP) is 3.89. The third-order valence-corrected chi connectivity index (χ3v) is 3.64. The molecule has 1 heterocycles. The number of nitrogen functional groups attached to an aromatic ring is 1. The Morgan fingerprint density at radius 2 is 1.89 bits per heavy atom. The second-order valence-corrected chi connectivity index (χ2v) is 4.83. The number of hydrogen-bond donors (Lipinski definition) is 1. The van der Waals surface area contributed by atoms with Crippen LogP contribution in [0.2, 0.25) is 0 Å². The molecule has 0 atom stereocenters. The lowest BCUT2D eigenvalue weighted by atomic mass is 10.1. The van der Waals surface area contributed by atoms with Gasteiger partial charge in [0.2, 0.25) is 0 Å². The third-order valence-electron chi connectivity index (χ3n) is 2.61. The molecule has 0 aliphatic heterocycles. The number of alkyl halides is 3. The molecule has 2 nitrogen and oxygen atoms in total. The van der Waals surface area contributed by atoms with E-state index in [0.29, 0.717) is 5.39 Å². The molecule has 2 aromatic rings. The molecule has 2 rings (SSSR count). The van der Waals surface area contributed by atoms with Gasteiger partial charge in [-0.05, 0) is 41.6 Å². The number of aromatic nitrogens is 1. The van der Waals surface area contributed by atoms with E-state index < -0.39 is 17.7 Å². The Bertz CT molecular complexity index is 637. The predicted molar refractivity (Wildman–Crippen MR) is 68.6 cm³/mol. The van der Waals surface area contributed by atoms with Crippen molar-refractivity contribution in [2.75, 3.05) is 5.73 Å². The van der Waals surface area contributed by atoms with Crippen LogP contribution in [0, 0.1) is 16.3 Å². The smallest absolute Gasteiger partial charge is 0.398 e. The van der Waals surface area contributed by atoms with E-state index in [1.165, 1.54) is 13.0 Å². The van der Waals surface area contributed by atoms with E-state index in [0.717, 1.165) is 6.07 Å². The summed E-state index contributed by atoms with van der Waals surface area (Å²) in [6.07, 6.45) is -4.61.